The largest absolute Gasteiger partial charge is 0.382 e. The molecule has 0 spiro atoms. The molecule has 0 rings (SSSR count). The molecular weight excluding hydrogens is 308 g/mol. The highest BCUT2D eigenvalue weighted by Gasteiger charge is 2.27. The standard InChI is InChI=1S/C3H2Br3O2/c4-3(5,6)2(8)1-7/h1,7H. The van der Waals surface area contributed by atoms with Gasteiger partial charge in [-0.1, -0.05) is 47.8 Å². The summed E-state index contributed by atoms with van der Waals surface area (Å²) in [7, 11) is 0. The minimum Gasteiger partial charge on any atom is -0.382 e. The molecule has 5 heteroatoms. The van der Waals surface area contributed by atoms with Crippen molar-refractivity contribution in [1.82, 2.24) is 0 Å². The lowest BCUT2D eigenvalue weighted by Crippen LogP contribution is -2.16. The predicted octanol–water partition coefficient (Wildman–Crippen LogP) is 1.93. The van der Waals surface area contributed by atoms with Gasteiger partial charge in [0.1, 0.15) is 6.61 Å². The summed E-state index contributed by atoms with van der Waals surface area (Å²) in [6.07, 6.45) is 0. The van der Waals surface area contributed by atoms with Gasteiger partial charge in [-0.05, 0) is 0 Å². The van der Waals surface area contributed by atoms with Crippen LogP contribution in [0.4, 0.5) is 0 Å². The van der Waals surface area contributed by atoms with Gasteiger partial charge in [0.15, 0.2) is 2.14 Å². The van der Waals surface area contributed by atoms with Gasteiger partial charge in [0.2, 0.25) is 5.78 Å². The summed E-state index contributed by atoms with van der Waals surface area (Å²) in [6, 6.07) is 0. The molecule has 0 fully saturated rings. The summed E-state index contributed by atoms with van der Waals surface area (Å²) >= 11 is 8.69. The molecule has 0 aromatic rings. The lowest BCUT2D eigenvalue weighted by molar-refractivity contribution is -0.116. The van der Waals surface area contributed by atoms with Gasteiger partial charge in [0.05, 0.1) is 0 Å². The van der Waals surface area contributed by atoms with Gasteiger partial charge < -0.3 is 5.11 Å². The van der Waals surface area contributed by atoms with Crippen LogP contribution >= 0.6 is 47.8 Å². The van der Waals surface area contributed by atoms with Crippen molar-refractivity contribution in [3.8, 4) is 0 Å². The Kier molecular flexibility index (Phi) is 3.73. The normalized spacial score (nSPS) is 11.5. The topological polar surface area (TPSA) is 37.3 Å². The van der Waals surface area contributed by atoms with Gasteiger partial charge in [-0.3, -0.25) is 4.79 Å². The monoisotopic (exact) mass is 307 g/mol. The third-order valence-electron chi connectivity index (χ3n) is 0.397. The lowest BCUT2D eigenvalue weighted by Gasteiger charge is -2.05. The highest BCUT2D eigenvalue weighted by Crippen LogP contribution is 2.34. The fraction of sp³-hybridized carbons (Fsp3) is 0.333. The molecule has 0 aliphatic rings. The van der Waals surface area contributed by atoms with Crippen molar-refractivity contribution in [2.75, 3.05) is 0 Å². The van der Waals surface area contributed by atoms with Gasteiger partial charge in [0.25, 0.3) is 0 Å². The van der Waals surface area contributed by atoms with Gasteiger partial charge in [-0.2, -0.15) is 0 Å². The molecule has 0 aromatic heterocycles. The molecular formula is C3H2Br3O2. The SMILES string of the molecule is O=C([CH]O)C(Br)(Br)Br. The molecule has 1 radical (unpaired) electrons. The first-order valence-electron chi connectivity index (χ1n) is 1.57. The van der Waals surface area contributed by atoms with Crippen LogP contribution in [0.2, 0.25) is 0 Å². The van der Waals surface area contributed by atoms with E-state index in [2.05, 4.69) is 47.8 Å². The van der Waals surface area contributed by atoms with Gasteiger partial charge in [0, 0.05) is 0 Å². The number of alkyl halides is 3. The summed E-state index contributed by atoms with van der Waals surface area (Å²) in [6.45, 7) is 0.470. The van der Waals surface area contributed by atoms with Crippen LogP contribution in [0, 0.1) is 6.61 Å². The van der Waals surface area contributed by atoms with Crippen LogP contribution in [0.25, 0.3) is 0 Å². The average molecular weight is 310 g/mol. The van der Waals surface area contributed by atoms with E-state index in [9.17, 15) is 4.79 Å². The predicted molar refractivity (Wildman–Crippen MR) is 40.8 cm³/mol. The van der Waals surface area contributed by atoms with E-state index in [0.29, 0.717) is 6.61 Å². The molecule has 1 N–H and O–H groups in total. The van der Waals surface area contributed by atoms with Crippen molar-refractivity contribution in [3.05, 3.63) is 6.61 Å². The molecule has 0 saturated carbocycles. The Balaban J connectivity index is 3.82. The van der Waals surface area contributed by atoms with Crippen molar-refractivity contribution in [2.24, 2.45) is 0 Å². The summed E-state index contributed by atoms with van der Waals surface area (Å²) < 4.78 is -0.998. The fourth-order valence-corrected chi connectivity index (χ4v) is 0.380. The Morgan fingerprint density at radius 1 is 1.50 bits per heavy atom. The van der Waals surface area contributed by atoms with Crippen molar-refractivity contribution in [3.63, 3.8) is 0 Å². The van der Waals surface area contributed by atoms with Gasteiger partial charge >= 0.3 is 0 Å². The second-order valence-corrected chi connectivity index (χ2v) is 7.75. The Hall–Kier alpha value is 1.07. The zero-order valence-corrected chi connectivity index (χ0v) is 8.32. The van der Waals surface area contributed by atoms with E-state index in [-0.39, 0.29) is 0 Å². The Morgan fingerprint density at radius 3 is 1.88 bits per heavy atom. The van der Waals surface area contributed by atoms with E-state index < -0.39 is 7.93 Å². The Morgan fingerprint density at radius 2 is 1.88 bits per heavy atom. The lowest BCUT2D eigenvalue weighted by atomic mass is 10.5. The van der Waals surface area contributed by atoms with Crippen LogP contribution < -0.4 is 0 Å². The van der Waals surface area contributed by atoms with E-state index in [1.54, 1.807) is 0 Å². The fourth-order valence-electron chi connectivity index (χ4n) is 0.0732. The molecule has 2 nitrogen and oxygen atoms in total. The Bertz CT molecular complexity index is 95.2. The third-order valence-corrected chi connectivity index (χ3v) is 1.57. The zero-order valence-electron chi connectivity index (χ0n) is 3.57. The number of ketones is 1. The molecule has 0 aliphatic carbocycles. The molecule has 8 heavy (non-hydrogen) atoms. The second kappa shape index (κ2) is 3.29. The average Bonchev–Trinajstić information content (AvgIpc) is 1.62. The summed E-state index contributed by atoms with van der Waals surface area (Å²) in [4.78, 5) is 10.4. The number of hydrogen-bond acceptors (Lipinski definition) is 2. The van der Waals surface area contributed by atoms with Crippen molar-refractivity contribution in [1.29, 1.82) is 0 Å². The number of carbonyl (C=O) groups excluding carboxylic acids is 1. The summed E-state index contributed by atoms with van der Waals surface area (Å²) in [5.74, 6) is -0.488. The zero-order chi connectivity index (χ0) is 6.78. The number of aliphatic hydroxyl groups is 1. The molecule has 0 aliphatic heterocycles. The number of rotatable bonds is 1. The molecule has 0 aromatic carbocycles. The van der Waals surface area contributed by atoms with Crippen LogP contribution in [0.3, 0.4) is 0 Å². The van der Waals surface area contributed by atoms with Crippen molar-refractivity contribution in [2.45, 2.75) is 2.14 Å². The number of halogens is 3. The van der Waals surface area contributed by atoms with Gasteiger partial charge in [-0.15, -0.1) is 0 Å². The summed E-state index contributed by atoms with van der Waals surface area (Å²) in [5, 5.41) is 8.11. The van der Waals surface area contributed by atoms with Crippen LogP contribution in [0.15, 0.2) is 0 Å². The van der Waals surface area contributed by atoms with Crippen molar-refractivity contribution >= 4 is 53.6 Å². The minimum absolute atomic E-state index is 0.470. The van der Waals surface area contributed by atoms with E-state index in [4.69, 9.17) is 5.11 Å². The van der Waals surface area contributed by atoms with Crippen LogP contribution in [-0.4, -0.2) is 13.0 Å². The minimum atomic E-state index is -0.998. The van der Waals surface area contributed by atoms with E-state index in [1.807, 2.05) is 0 Å². The molecule has 47 valence electrons. The molecule has 0 bridgehead atoms. The maximum Gasteiger partial charge on any atom is 0.202 e. The van der Waals surface area contributed by atoms with E-state index in [0.717, 1.165) is 0 Å². The summed E-state index contributed by atoms with van der Waals surface area (Å²) in [5.41, 5.74) is 0. The number of carbonyl (C=O) groups is 1. The highest BCUT2D eigenvalue weighted by atomic mass is 80.0. The van der Waals surface area contributed by atoms with Crippen LogP contribution in [0.1, 0.15) is 0 Å². The highest BCUT2D eigenvalue weighted by molar-refractivity contribution is 9.40. The first-order valence-corrected chi connectivity index (χ1v) is 3.95. The first kappa shape index (κ1) is 9.07. The first-order chi connectivity index (χ1) is 3.48. The second-order valence-electron chi connectivity index (χ2n) is 0.991. The van der Waals surface area contributed by atoms with Gasteiger partial charge in [-0.25, -0.2) is 0 Å². The molecule has 0 unspecified atom stereocenters. The molecule has 0 amide bonds. The maximum absolute atomic E-state index is 10.4. The molecule has 0 heterocycles. The maximum atomic E-state index is 10.4. The van der Waals surface area contributed by atoms with Crippen LogP contribution in [0.5, 0.6) is 0 Å². The number of Topliss-reactive ketones (excluding diaryl/α,β-unsaturated/α-hetero) is 1. The Labute approximate surface area is 72.0 Å². The molecule has 0 atom stereocenters. The number of aliphatic hydroxyl groups excluding tert-OH is 1. The third kappa shape index (κ3) is 3.17. The molecule has 0 saturated heterocycles. The van der Waals surface area contributed by atoms with Crippen molar-refractivity contribution < 1.29 is 9.90 Å². The van der Waals surface area contributed by atoms with E-state index in [1.165, 1.54) is 0 Å². The van der Waals surface area contributed by atoms with Crippen LogP contribution in [-0.2, 0) is 4.79 Å². The smallest absolute Gasteiger partial charge is 0.202 e. The quantitative estimate of drug-likeness (QED) is 0.752. The number of hydrogen-bond donors (Lipinski definition) is 1. The van der Waals surface area contributed by atoms with E-state index >= 15 is 0 Å².